The average Bonchev–Trinajstić information content (AvgIpc) is 1.97. The molecule has 68 valence electrons. The van der Waals surface area contributed by atoms with Crippen LogP contribution < -0.4 is 0 Å². The molecular weight excluding hydrogens is 151 g/mol. The van der Waals surface area contributed by atoms with Gasteiger partial charge in [0.2, 0.25) is 0 Å². The van der Waals surface area contributed by atoms with E-state index >= 15 is 0 Å². The van der Waals surface area contributed by atoms with Crippen LogP contribution >= 0.6 is 9.24 Å². The molecule has 0 spiro atoms. The van der Waals surface area contributed by atoms with Crippen molar-refractivity contribution in [3.63, 3.8) is 0 Å². The topological polar surface area (TPSA) is 0 Å². The predicted octanol–water partition coefficient (Wildman–Crippen LogP) is 3.86. The van der Waals surface area contributed by atoms with Crippen molar-refractivity contribution < 1.29 is 0 Å². The van der Waals surface area contributed by atoms with Crippen molar-refractivity contribution >= 4 is 9.24 Å². The van der Waals surface area contributed by atoms with Crippen molar-refractivity contribution in [3.8, 4) is 0 Å². The normalized spacial score (nSPS) is 13.9. The van der Waals surface area contributed by atoms with Gasteiger partial charge in [0.05, 0.1) is 0 Å². The third-order valence-corrected chi connectivity index (χ3v) is 3.35. The van der Waals surface area contributed by atoms with Gasteiger partial charge in [-0.15, -0.1) is 9.24 Å². The Morgan fingerprint density at radius 3 is 2.18 bits per heavy atom. The molecule has 0 rings (SSSR count). The molecule has 0 aromatic carbocycles. The maximum Gasteiger partial charge on any atom is -0.0241 e. The van der Waals surface area contributed by atoms with Gasteiger partial charge in [-0.3, -0.25) is 0 Å². The summed E-state index contributed by atoms with van der Waals surface area (Å²) in [4.78, 5) is 0. The Bertz CT molecular complexity index is 78.9. The lowest BCUT2D eigenvalue weighted by Crippen LogP contribution is -2.06. The summed E-state index contributed by atoms with van der Waals surface area (Å²) >= 11 is 0. The van der Waals surface area contributed by atoms with Gasteiger partial charge in [0.25, 0.3) is 0 Å². The molecule has 0 bridgehead atoms. The van der Waals surface area contributed by atoms with E-state index in [9.17, 15) is 0 Å². The highest BCUT2D eigenvalue weighted by atomic mass is 31.0. The molecule has 0 nitrogen and oxygen atoms in total. The lowest BCUT2D eigenvalue weighted by Gasteiger charge is -2.14. The van der Waals surface area contributed by atoms with E-state index < -0.39 is 0 Å². The minimum Gasteiger partial charge on any atom is -0.134 e. The van der Waals surface area contributed by atoms with Crippen molar-refractivity contribution in [2.45, 2.75) is 58.5 Å². The van der Waals surface area contributed by atoms with Gasteiger partial charge in [0.15, 0.2) is 0 Å². The molecule has 0 N–H and O–H groups in total. The molecule has 1 heteroatoms. The van der Waals surface area contributed by atoms with Crippen molar-refractivity contribution in [2.24, 2.45) is 5.92 Å². The van der Waals surface area contributed by atoms with Crippen LogP contribution in [0.3, 0.4) is 0 Å². The van der Waals surface area contributed by atoms with Gasteiger partial charge in [-0.05, 0) is 18.0 Å². The summed E-state index contributed by atoms with van der Waals surface area (Å²) in [5.41, 5.74) is 0.840. The van der Waals surface area contributed by atoms with Crippen LogP contribution in [0.5, 0.6) is 0 Å². The van der Waals surface area contributed by atoms with E-state index in [2.05, 4.69) is 30.0 Å². The summed E-state index contributed by atoms with van der Waals surface area (Å²) in [5, 5.41) is 0. The molecule has 0 aromatic heterocycles. The quantitative estimate of drug-likeness (QED) is 0.423. The second-order valence-electron chi connectivity index (χ2n) is 3.76. The number of unbranched alkanes of at least 4 members (excludes halogenated alkanes) is 3. The van der Waals surface area contributed by atoms with Gasteiger partial charge >= 0.3 is 0 Å². The van der Waals surface area contributed by atoms with Crippen molar-refractivity contribution in [2.75, 3.05) is 0 Å². The Morgan fingerprint density at radius 1 is 1.09 bits per heavy atom. The molecule has 0 aliphatic carbocycles. The Hall–Kier alpha value is 0.430. The van der Waals surface area contributed by atoms with Crippen LogP contribution in [0.15, 0.2) is 0 Å². The van der Waals surface area contributed by atoms with Gasteiger partial charge in [-0.1, -0.05) is 46.5 Å². The van der Waals surface area contributed by atoms with E-state index in [1.54, 1.807) is 0 Å². The first-order valence-corrected chi connectivity index (χ1v) is 5.60. The maximum atomic E-state index is 2.96. The highest BCUT2D eigenvalue weighted by Gasteiger charge is 2.05. The first-order chi connectivity index (χ1) is 5.18. The molecule has 0 aliphatic heterocycles. The summed E-state index contributed by atoms with van der Waals surface area (Å²) in [6.45, 7) is 6.87. The van der Waals surface area contributed by atoms with Crippen molar-refractivity contribution in [1.29, 1.82) is 0 Å². The number of rotatable bonds is 6. The molecule has 0 saturated heterocycles. The minimum absolute atomic E-state index is 0.835. The third kappa shape index (κ3) is 6.81. The van der Waals surface area contributed by atoms with E-state index in [0.29, 0.717) is 0 Å². The molecule has 2 unspecified atom stereocenters. The second kappa shape index (κ2) is 7.10. The lowest BCUT2D eigenvalue weighted by atomic mass is 10.0. The number of hydrogen-bond donors (Lipinski definition) is 0. The van der Waals surface area contributed by atoms with Crippen LogP contribution in [-0.2, 0) is 0 Å². The lowest BCUT2D eigenvalue weighted by molar-refractivity contribution is 0.532. The monoisotopic (exact) mass is 174 g/mol. The van der Waals surface area contributed by atoms with Crippen LogP contribution in [0.1, 0.15) is 52.9 Å². The van der Waals surface area contributed by atoms with Gasteiger partial charge < -0.3 is 0 Å². The third-order valence-electron chi connectivity index (χ3n) is 2.25. The van der Waals surface area contributed by atoms with E-state index in [1.165, 1.54) is 32.1 Å². The second-order valence-corrected chi connectivity index (χ2v) is 4.61. The fourth-order valence-corrected chi connectivity index (χ4v) is 1.38. The molecule has 0 aliphatic rings. The molecule has 0 fully saturated rings. The molecule has 0 saturated carbocycles. The van der Waals surface area contributed by atoms with Gasteiger partial charge in [-0.25, -0.2) is 0 Å². The smallest absolute Gasteiger partial charge is 0.0241 e. The molecule has 0 amide bonds. The SMILES string of the molecule is CCCCCCC(P)C(C)C. The Labute approximate surface area is 74.4 Å². The zero-order valence-electron chi connectivity index (χ0n) is 8.27. The van der Waals surface area contributed by atoms with E-state index in [1.807, 2.05) is 0 Å². The van der Waals surface area contributed by atoms with Crippen LogP contribution in [0, 0.1) is 5.92 Å². The number of hydrogen-bond acceptors (Lipinski definition) is 0. The largest absolute Gasteiger partial charge is 0.134 e. The molecule has 11 heavy (non-hydrogen) atoms. The first kappa shape index (κ1) is 11.4. The Kier molecular flexibility index (Phi) is 7.38. The Morgan fingerprint density at radius 2 is 1.73 bits per heavy atom. The first-order valence-electron chi connectivity index (χ1n) is 4.94. The molecule has 0 aromatic rings. The maximum absolute atomic E-state index is 2.96. The highest BCUT2D eigenvalue weighted by molar-refractivity contribution is 7.17. The standard InChI is InChI=1S/C10H23P/c1-4-5-6-7-8-10(11)9(2)3/h9-10H,4-8,11H2,1-3H3. The fourth-order valence-electron chi connectivity index (χ4n) is 1.14. The molecule has 2 atom stereocenters. The van der Waals surface area contributed by atoms with Crippen LogP contribution in [0.2, 0.25) is 0 Å². The van der Waals surface area contributed by atoms with Crippen molar-refractivity contribution in [3.05, 3.63) is 0 Å². The van der Waals surface area contributed by atoms with Crippen LogP contribution in [-0.4, -0.2) is 5.66 Å². The predicted molar refractivity (Wildman–Crippen MR) is 57.1 cm³/mol. The average molecular weight is 174 g/mol. The summed E-state index contributed by atoms with van der Waals surface area (Å²) in [5.74, 6) is 0.835. The molecule has 0 radical (unpaired) electrons. The van der Waals surface area contributed by atoms with Crippen molar-refractivity contribution in [1.82, 2.24) is 0 Å². The molecule has 0 heterocycles. The summed E-state index contributed by atoms with van der Waals surface area (Å²) in [6, 6.07) is 0. The molecular formula is C10H23P. The fraction of sp³-hybridized carbons (Fsp3) is 1.00. The zero-order chi connectivity index (χ0) is 8.69. The zero-order valence-corrected chi connectivity index (χ0v) is 9.42. The minimum atomic E-state index is 0.835. The van der Waals surface area contributed by atoms with Gasteiger partial charge in [0.1, 0.15) is 0 Å². The van der Waals surface area contributed by atoms with Crippen LogP contribution in [0.25, 0.3) is 0 Å². The summed E-state index contributed by atoms with van der Waals surface area (Å²) < 4.78 is 0. The van der Waals surface area contributed by atoms with E-state index in [0.717, 1.165) is 11.6 Å². The Balaban J connectivity index is 3.10. The summed E-state index contributed by atoms with van der Waals surface area (Å²) in [6.07, 6.45) is 7.00. The highest BCUT2D eigenvalue weighted by Crippen LogP contribution is 2.19. The van der Waals surface area contributed by atoms with Gasteiger partial charge in [-0.2, -0.15) is 0 Å². The van der Waals surface area contributed by atoms with E-state index in [-0.39, 0.29) is 0 Å². The summed E-state index contributed by atoms with van der Waals surface area (Å²) in [7, 11) is 2.96. The van der Waals surface area contributed by atoms with Gasteiger partial charge in [0, 0.05) is 0 Å². The van der Waals surface area contributed by atoms with Crippen LogP contribution in [0.4, 0.5) is 0 Å². The van der Waals surface area contributed by atoms with E-state index in [4.69, 9.17) is 0 Å².